The summed E-state index contributed by atoms with van der Waals surface area (Å²) in [5, 5.41) is 11.7. The predicted octanol–water partition coefficient (Wildman–Crippen LogP) is 16.1. The first-order valence-electron chi connectivity index (χ1n) is 22.5. The number of rotatable bonds is 5. The van der Waals surface area contributed by atoms with Crippen LogP contribution in [0.25, 0.3) is 98.6 Å². The molecular weight excluding hydrogens is 791 g/mol. The van der Waals surface area contributed by atoms with Crippen molar-refractivity contribution in [3.05, 3.63) is 229 Å². The van der Waals surface area contributed by atoms with E-state index >= 15 is 0 Å². The van der Waals surface area contributed by atoms with Gasteiger partial charge in [0.15, 0.2) is 5.84 Å². The SMILES string of the molecule is CC1C/C=C(c2ccc3oc4ccccc4c3c2-n2c3ccccc3c3cc4ccccc4cc32)/N=C(c2ccc3c(ccc4ccccc43)c2)\N=C/1c1cccc(-c2ccccc2)c1. The van der Waals surface area contributed by atoms with Crippen molar-refractivity contribution >= 4 is 93.3 Å². The summed E-state index contributed by atoms with van der Waals surface area (Å²) in [6, 6.07) is 74.0. The molecule has 1 aliphatic rings. The van der Waals surface area contributed by atoms with Gasteiger partial charge in [-0.2, -0.15) is 0 Å². The van der Waals surface area contributed by atoms with Crippen LogP contribution in [0.3, 0.4) is 0 Å². The van der Waals surface area contributed by atoms with Gasteiger partial charge < -0.3 is 8.98 Å². The van der Waals surface area contributed by atoms with Crippen molar-refractivity contribution in [2.45, 2.75) is 13.3 Å². The lowest BCUT2D eigenvalue weighted by atomic mass is 9.91. The number of fused-ring (bicyclic) bond motifs is 10. The van der Waals surface area contributed by atoms with Gasteiger partial charge in [0.1, 0.15) is 11.2 Å². The lowest BCUT2D eigenvalue weighted by Gasteiger charge is -2.21. The summed E-state index contributed by atoms with van der Waals surface area (Å²) in [4.78, 5) is 11.4. The fourth-order valence-corrected chi connectivity index (χ4v) is 10.2. The summed E-state index contributed by atoms with van der Waals surface area (Å²) in [5.74, 6) is 0.752. The number of hydrogen-bond donors (Lipinski definition) is 0. The van der Waals surface area contributed by atoms with E-state index in [9.17, 15) is 0 Å². The molecule has 0 radical (unpaired) electrons. The maximum absolute atomic E-state index is 6.67. The smallest absolute Gasteiger partial charge is 0.160 e. The quantitative estimate of drug-likeness (QED) is 0.159. The number of para-hydroxylation sites is 2. The summed E-state index contributed by atoms with van der Waals surface area (Å²) in [6.07, 6.45) is 3.08. The zero-order valence-corrected chi connectivity index (χ0v) is 35.7. The van der Waals surface area contributed by atoms with E-state index in [4.69, 9.17) is 14.4 Å². The van der Waals surface area contributed by atoms with Crippen LogP contribution in [-0.2, 0) is 0 Å². The molecular formula is C61H41N3O. The van der Waals surface area contributed by atoms with Crippen LogP contribution in [0.5, 0.6) is 0 Å². The van der Waals surface area contributed by atoms with Gasteiger partial charge in [-0.3, -0.25) is 0 Å². The number of benzene rings is 10. The van der Waals surface area contributed by atoms with Gasteiger partial charge in [-0.1, -0.05) is 171 Å². The molecule has 0 amide bonds. The highest BCUT2D eigenvalue weighted by molar-refractivity contribution is 6.20. The van der Waals surface area contributed by atoms with Crippen LogP contribution in [-0.4, -0.2) is 16.1 Å². The van der Waals surface area contributed by atoms with Crippen LogP contribution in [0, 0.1) is 5.92 Å². The van der Waals surface area contributed by atoms with Crippen LogP contribution < -0.4 is 0 Å². The predicted molar refractivity (Wildman–Crippen MR) is 274 cm³/mol. The van der Waals surface area contributed by atoms with Crippen LogP contribution in [0.1, 0.15) is 30.0 Å². The molecule has 13 rings (SSSR count). The fraction of sp³-hybridized carbons (Fsp3) is 0.0492. The second-order valence-corrected chi connectivity index (χ2v) is 17.3. The Bertz CT molecular complexity index is 4000. The fourth-order valence-electron chi connectivity index (χ4n) is 10.2. The third kappa shape index (κ3) is 6.13. The lowest BCUT2D eigenvalue weighted by molar-refractivity contribution is 0.669. The molecule has 12 aromatic rings. The second kappa shape index (κ2) is 14.9. The largest absolute Gasteiger partial charge is 0.456 e. The molecule has 306 valence electrons. The maximum Gasteiger partial charge on any atom is 0.160 e. The van der Waals surface area contributed by atoms with Crippen molar-refractivity contribution in [2.75, 3.05) is 0 Å². The van der Waals surface area contributed by atoms with Gasteiger partial charge in [-0.25, -0.2) is 9.98 Å². The number of hydrogen-bond acceptors (Lipinski definition) is 3. The molecule has 3 heterocycles. The van der Waals surface area contributed by atoms with E-state index in [0.29, 0.717) is 5.84 Å². The number of amidine groups is 1. The molecule has 1 unspecified atom stereocenters. The highest BCUT2D eigenvalue weighted by Crippen LogP contribution is 2.44. The lowest BCUT2D eigenvalue weighted by Crippen LogP contribution is -2.17. The Balaban J connectivity index is 1.09. The first-order valence-corrected chi connectivity index (χ1v) is 22.5. The molecule has 4 heteroatoms. The Kier molecular flexibility index (Phi) is 8.53. The molecule has 4 nitrogen and oxygen atoms in total. The van der Waals surface area contributed by atoms with Crippen molar-refractivity contribution < 1.29 is 4.42 Å². The van der Waals surface area contributed by atoms with E-state index in [1.54, 1.807) is 0 Å². The summed E-state index contributed by atoms with van der Waals surface area (Å²) in [7, 11) is 0. The minimum absolute atomic E-state index is 0.0764. The van der Waals surface area contributed by atoms with Gasteiger partial charge in [0.05, 0.1) is 33.5 Å². The monoisotopic (exact) mass is 831 g/mol. The van der Waals surface area contributed by atoms with E-state index in [1.165, 1.54) is 43.3 Å². The molecule has 10 aromatic carbocycles. The average molecular weight is 832 g/mol. The van der Waals surface area contributed by atoms with Crippen molar-refractivity contribution in [2.24, 2.45) is 15.9 Å². The average Bonchev–Trinajstić information content (AvgIpc) is 3.90. The van der Waals surface area contributed by atoms with Gasteiger partial charge in [0, 0.05) is 33.2 Å². The van der Waals surface area contributed by atoms with Gasteiger partial charge in [0.25, 0.3) is 0 Å². The van der Waals surface area contributed by atoms with E-state index in [-0.39, 0.29) is 5.92 Å². The van der Waals surface area contributed by atoms with E-state index < -0.39 is 0 Å². The Morgan fingerprint density at radius 2 is 1.14 bits per heavy atom. The molecule has 0 saturated heterocycles. The Morgan fingerprint density at radius 1 is 0.446 bits per heavy atom. The van der Waals surface area contributed by atoms with Crippen molar-refractivity contribution in [1.82, 2.24) is 4.57 Å². The molecule has 0 N–H and O–H groups in total. The van der Waals surface area contributed by atoms with E-state index in [1.807, 2.05) is 6.07 Å². The van der Waals surface area contributed by atoms with Crippen molar-refractivity contribution in [3.8, 4) is 16.8 Å². The third-order valence-corrected chi connectivity index (χ3v) is 13.4. The molecule has 0 spiro atoms. The first-order chi connectivity index (χ1) is 32.1. The van der Waals surface area contributed by atoms with Gasteiger partial charge in [-0.05, 0) is 104 Å². The molecule has 65 heavy (non-hydrogen) atoms. The Morgan fingerprint density at radius 3 is 2.02 bits per heavy atom. The zero-order chi connectivity index (χ0) is 43.0. The van der Waals surface area contributed by atoms with Crippen molar-refractivity contribution in [3.63, 3.8) is 0 Å². The normalized spacial score (nSPS) is 17.0. The topological polar surface area (TPSA) is 42.8 Å². The van der Waals surface area contributed by atoms with Crippen LogP contribution >= 0.6 is 0 Å². The molecule has 0 saturated carbocycles. The summed E-state index contributed by atoms with van der Waals surface area (Å²) in [6.45, 7) is 2.30. The molecule has 0 bridgehead atoms. The minimum atomic E-state index is 0.0764. The molecule has 0 fully saturated rings. The number of nitrogens with zero attached hydrogens (tertiary/aromatic N) is 3. The Labute approximate surface area is 375 Å². The summed E-state index contributed by atoms with van der Waals surface area (Å²) >= 11 is 0. The molecule has 1 atom stereocenters. The van der Waals surface area contributed by atoms with Crippen LogP contribution in [0.2, 0.25) is 0 Å². The number of aromatic nitrogens is 1. The van der Waals surface area contributed by atoms with Crippen LogP contribution in [0.15, 0.2) is 227 Å². The summed E-state index contributed by atoms with van der Waals surface area (Å²) < 4.78 is 9.12. The third-order valence-electron chi connectivity index (χ3n) is 13.4. The zero-order valence-electron chi connectivity index (χ0n) is 35.7. The van der Waals surface area contributed by atoms with E-state index in [0.717, 1.165) is 84.1 Å². The molecule has 1 aliphatic heterocycles. The van der Waals surface area contributed by atoms with Crippen LogP contribution in [0.4, 0.5) is 0 Å². The van der Waals surface area contributed by atoms with Gasteiger partial charge >= 0.3 is 0 Å². The highest BCUT2D eigenvalue weighted by atomic mass is 16.3. The van der Waals surface area contributed by atoms with E-state index in [2.05, 4.69) is 218 Å². The summed E-state index contributed by atoms with van der Waals surface area (Å²) in [5.41, 5.74) is 12.3. The van der Waals surface area contributed by atoms with Crippen molar-refractivity contribution in [1.29, 1.82) is 0 Å². The molecule has 2 aromatic heterocycles. The standard InChI is InChI=1S/C61H41N3O/c1-38-26-32-53(62-61(46-29-30-48-44(35-46)28-27-40-16-7-8-21-47(40)48)63-59(38)45-20-13-19-41(34-45)39-14-3-2-4-15-39)50-31-33-57-58(51-23-10-12-25-56(51)65-57)60(50)64-54-24-11-9-22-49(54)52-36-42-17-5-6-18-43(42)37-55(52)64/h2-25,27-38H,26H2,1H3/b53-32+,62-61-,63-59+. The highest BCUT2D eigenvalue weighted by Gasteiger charge is 2.25. The van der Waals surface area contributed by atoms with Gasteiger partial charge in [-0.15, -0.1) is 0 Å². The second-order valence-electron chi connectivity index (χ2n) is 17.3. The molecule has 0 aliphatic carbocycles. The number of allylic oxidation sites excluding steroid dienone is 1. The maximum atomic E-state index is 6.67. The Hall–Kier alpha value is -8.34. The minimum Gasteiger partial charge on any atom is -0.456 e. The number of aliphatic imine (C=N–C) groups is 2. The first kappa shape index (κ1) is 37.2. The number of furan rings is 1. The van der Waals surface area contributed by atoms with Gasteiger partial charge in [0.2, 0.25) is 0 Å².